The minimum Gasteiger partial charge on any atom is -0.353 e. The fraction of sp³-hybridized carbons (Fsp3) is 0.933. The van der Waals surface area contributed by atoms with E-state index in [1.165, 1.54) is 32.1 Å². The molecule has 2 aliphatic rings. The second-order valence-electron chi connectivity index (χ2n) is 6.27. The zero-order chi connectivity index (χ0) is 13.0. The van der Waals surface area contributed by atoms with Crippen LogP contribution < -0.4 is 10.6 Å². The van der Waals surface area contributed by atoms with E-state index in [1.807, 2.05) is 0 Å². The van der Waals surface area contributed by atoms with Crippen molar-refractivity contribution in [3.8, 4) is 0 Å². The lowest BCUT2D eigenvalue weighted by atomic mass is 9.78. The van der Waals surface area contributed by atoms with Gasteiger partial charge < -0.3 is 10.6 Å². The standard InChI is InChI=1S/C15H28N2O/c1-11-5-3-7-14(12(11)2)17-15(18)9-8-13-6-4-10-16-13/h11-14,16H,3-10H2,1-2H3,(H,17,18). The van der Waals surface area contributed by atoms with Gasteiger partial charge in [-0.15, -0.1) is 0 Å². The fourth-order valence-electron chi connectivity index (χ4n) is 3.37. The average molecular weight is 252 g/mol. The number of hydrogen-bond donors (Lipinski definition) is 2. The quantitative estimate of drug-likeness (QED) is 0.807. The van der Waals surface area contributed by atoms with E-state index in [1.54, 1.807) is 0 Å². The summed E-state index contributed by atoms with van der Waals surface area (Å²) < 4.78 is 0. The van der Waals surface area contributed by atoms with Crippen LogP contribution in [0.5, 0.6) is 0 Å². The first-order valence-corrected chi connectivity index (χ1v) is 7.69. The predicted octanol–water partition coefficient (Wildman–Crippen LogP) is 2.46. The normalized spacial score (nSPS) is 36.6. The highest BCUT2D eigenvalue weighted by atomic mass is 16.1. The van der Waals surface area contributed by atoms with Gasteiger partial charge in [-0.25, -0.2) is 0 Å². The molecular weight excluding hydrogens is 224 g/mol. The summed E-state index contributed by atoms with van der Waals surface area (Å²) >= 11 is 0. The number of hydrogen-bond acceptors (Lipinski definition) is 2. The molecule has 0 aromatic heterocycles. The molecule has 0 radical (unpaired) electrons. The van der Waals surface area contributed by atoms with Crippen LogP contribution in [0.15, 0.2) is 0 Å². The van der Waals surface area contributed by atoms with Gasteiger partial charge in [0, 0.05) is 18.5 Å². The maximum Gasteiger partial charge on any atom is 0.220 e. The fourth-order valence-corrected chi connectivity index (χ4v) is 3.37. The van der Waals surface area contributed by atoms with Gasteiger partial charge in [-0.1, -0.05) is 26.7 Å². The van der Waals surface area contributed by atoms with Gasteiger partial charge in [-0.3, -0.25) is 4.79 Å². The minimum atomic E-state index is 0.259. The Bertz CT molecular complexity index is 274. The van der Waals surface area contributed by atoms with Crippen molar-refractivity contribution < 1.29 is 4.79 Å². The van der Waals surface area contributed by atoms with Crippen LogP contribution in [0.25, 0.3) is 0 Å². The molecule has 2 rings (SSSR count). The van der Waals surface area contributed by atoms with E-state index < -0.39 is 0 Å². The molecule has 1 aliphatic carbocycles. The lowest BCUT2D eigenvalue weighted by Crippen LogP contribution is -2.43. The minimum absolute atomic E-state index is 0.259. The van der Waals surface area contributed by atoms with E-state index in [-0.39, 0.29) is 5.91 Å². The van der Waals surface area contributed by atoms with Crippen molar-refractivity contribution in [2.24, 2.45) is 11.8 Å². The summed E-state index contributed by atoms with van der Waals surface area (Å²) in [6.45, 7) is 5.72. The molecule has 3 nitrogen and oxygen atoms in total. The average Bonchev–Trinajstić information content (AvgIpc) is 2.86. The van der Waals surface area contributed by atoms with Crippen LogP contribution >= 0.6 is 0 Å². The van der Waals surface area contributed by atoms with Gasteiger partial charge in [0.1, 0.15) is 0 Å². The SMILES string of the molecule is CC1CCCC(NC(=O)CCC2CCCN2)C1C. The molecule has 4 unspecified atom stereocenters. The van der Waals surface area contributed by atoms with Crippen LogP contribution in [0.4, 0.5) is 0 Å². The Hall–Kier alpha value is -0.570. The number of rotatable bonds is 4. The molecule has 1 aliphatic heterocycles. The second-order valence-corrected chi connectivity index (χ2v) is 6.27. The van der Waals surface area contributed by atoms with E-state index >= 15 is 0 Å². The van der Waals surface area contributed by atoms with Gasteiger partial charge in [0.25, 0.3) is 0 Å². The molecule has 3 heteroatoms. The van der Waals surface area contributed by atoms with Crippen LogP contribution in [0.1, 0.15) is 58.8 Å². The summed E-state index contributed by atoms with van der Waals surface area (Å²) in [4.78, 5) is 12.0. The summed E-state index contributed by atoms with van der Waals surface area (Å²) in [5.41, 5.74) is 0. The monoisotopic (exact) mass is 252 g/mol. The maximum absolute atomic E-state index is 12.0. The summed E-state index contributed by atoms with van der Waals surface area (Å²) in [5.74, 6) is 1.64. The molecule has 0 aromatic rings. The highest BCUT2D eigenvalue weighted by Gasteiger charge is 2.28. The van der Waals surface area contributed by atoms with Gasteiger partial charge in [-0.2, -0.15) is 0 Å². The number of nitrogens with one attached hydrogen (secondary N) is 2. The van der Waals surface area contributed by atoms with Crippen LogP contribution in [-0.4, -0.2) is 24.5 Å². The molecule has 104 valence electrons. The van der Waals surface area contributed by atoms with Crippen LogP contribution in [0.2, 0.25) is 0 Å². The van der Waals surface area contributed by atoms with E-state index in [0.29, 0.717) is 24.4 Å². The molecule has 1 saturated heterocycles. The molecule has 0 bridgehead atoms. The predicted molar refractivity (Wildman–Crippen MR) is 74.4 cm³/mol. The van der Waals surface area contributed by atoms with Crippen molar-refractivity contribution in [2.75, 3.05) is 6.54 Å². The Morgan fingerprint density at radius 3 is 2.78 bits per heavy atom. The Kier molecular flexibility index (Phi) is 5.04. The van der Waals surface area contributed by atoms with Crippen molar-refractivity contribution in [1.82, 2.24) is 10.6 Å². The second kappa shape index (κ2) is 6.55. The Labute approximate surface area is 111 Å². The summed E-state index contributed by atoms with van der Waals surface area (Å²) in [5, 5.41) is 6.71. The summed E-state index contributed by atoms with van der Waals surface area (Å²) in [6, 6.07) is 0.997. The van der Waals surface area contributed by atoms with Crippen molar-refractivity contribution in [3.63, 3.8) is 0 Å². The molecule has 0 spiro atoms. The van der Waals surface area contributed by atoms with Gasteiger partial charge in [0.2, 0.25) is 5.91 Å². The smallest absolute Gasteiger partial charge is 0.220 e. The first-order valence-electron chi connectivity index (χ1n) is 7.69. The van der Waals surface area contributed by atoms with Crippen molar-refractivity contribution in [2.45, 2.75) is 70.9 Å². The molecule has 1 saturated carbocycles. The van der Waals surface area contributed by atoms with Gasteiger partial charge in [-0.05, 0) is 44.1 Å². The van der Waals surface area contributed by atoms with Crippen molar-refractivity contribution >= 4 is 5.91 Å². The first-order chi connectivity index (χ1) is 8.66. The Balaban J connectivity index is 1.69. The molecule has 1 amide bonds. The van der Waals surface area contributed by atoms with E-state index in [4.69, 9.17) is 0 Å². The first kappa shape index (κ1) is 13.9. The third-order valence-corrected chi connectivity index (χ3v) is 4.94. The third-order valence-electron chi connectivity index (χ3n) is 4.94. The topological polar surface area (TPSA) is 41.1 Å². The number of carbonyl (C=O) groups excluding carboxylic acids is 1. The van der Waals surface area contributed by atoms with Gasteiger partial charge in [0.05, 0.1) is 0 Å². The molecule has 2 N–H and O–H groups in total. The van der Waals surface area contributed by atoms with Crippen molar-refractivity contribution in [3.05, 3.63) is 0 Å². The van der Waals surface area contributed by atoms with Gasteiger partial charge >= 0.3 is 0 Å². The maximum atomic E-state index is 12.0. The van der Waals surface area contributed by atoms with E-state index in [2.05, 4.69) is 24.5 Å². The zero-order valence-electron chi connectivity index (χ0n) is 11.9. The highest BCUT2D eigenvalue weighted by molar-refractivity contribution is 5.76. The van der Waals surface area contributed by atoms with Crippen molar-refractivity contribution in [1.29, 1.82) is 0 Å². The molecule has 2 fully saturated rings. The Morgan fingerprint density at radius 2 is 2.06 bits per heavy atom. The lowest BCUT2D eigenvalue weighted by Gasteiger charge is -2.34. The number of carbonyl (C=O) groups is 1. The van der Waals surface area contributed by atoms with E-state index in [9.17, 15) is 4.79 Å². The molecule has 18 heavy (non-hydrogen) atoms. The molecular formula is C15H28N2O. The van der Waals surface area contributed by atoms with Gasteiger partial charge in [0.15, 0.2) is 0 Å². The Morgan fingerprint density at radius 1 is 1.22 bits per heavy atom. The third kappa shape index (κ3) is 3.71. The van der Waals surface area contributed by atoms with Crippen LogP contribution in [0.3, 0.4) is 0 Å². The largest absolute Gasteiger partial charge is 0.353 e. The lowest BCUT2D eigenvalue weighted by molar-refractivity contribution is -0.122. The molecule has 1 heterocycles. The molecule has 0 aromatic carbocycles. The highest BCUT2D eigenvalue weighted by Crippen LogP contribution is 2.29. The summed E-state index contributed by atoms with van der Waals surface area (Å²) in [7, 11) is 0. The van der Waals surface area contributed by atoms with E-state index in [0.717, 1.165) is 18.9 Å². The van der Waals surface area contributed by atoms with Crippen LogP contribution in [-0.2, 0) is 4.79 Å². The zero-order valence-corrected chi connectivity index (χ0v) is 11.9. The molecule has 4 atom stereocenters. The summed E-state index contributed by atoms with van der Waals surface area (Å²) in [6.07, 6.45) is 7.95. The van der Waals surface area contributed by atoms with Crippen LogP contribution in [0, 0.1) is 11.8 Å². The number of amides is 1.